The minimum atomic E-state index is -4.22. The van der Waals surface area contributed by atoms with Gasteiger partial charge in [0.25, 0.3) is 5.91 Å². The Morgan fingerprint density at radius 3 is 2.49 bits per heavy atom. The van der Waals surface area contributed by atoms with E-state index in [0.717, 1.165) is 5.56 Å². The highest BCUT2D eigenvalue weighted by molar-refractivity contribution is 7.89. The molecule has 3 N–H and O–H groups in total. The van der Waals surface area contributed by atoms with Crippen molar-refractivity contribution < 1.29 is 46.8 Å². The number of ether oxygens (including phenoxy) is 5. The normalized spacial score (nSPS) is 20.8. The van der Waals surface area contributed by atoms with Crippen molar-refractivity contribution >= 4 is 22.0 Å². The highest BCUT2D eigenvalue weighted by Gasteiger charge is 2.44. The Bertz CT molecular complexity index is 1760. The van der Waals surface area contributed by atoms with Crippen LogP contribution in [-0.4, -0.2) is 94.0 Å². The quantitative estimate of drug-likeness (QED) is 0.211. The summed E-state index contributed by atoms with van der Waals surface area (Å²) in [6, 6.07) is 21.6. The number of carbonyl (C=O) groups excluding carboxylic acids is 2. The molecule has 0 aromatic heterocycles. The summed E-state index contributed by atoms with van der Waals surface area (Å²) < 4.78 is 57.7. The highest BCUT2D eigenvalue weighted by Crippen LogP contribution is 2.36. The van der Waals surface area contributed by atoms with Gasteiger partial charge in [0.2, 0.25) is 16.8 Å². The van der Waals surface area contributed by atoms with Gasteiger partial charge in [0.15, 0.2) is 17.8 Å². The lowest BCUT2D eigenvalue weighted by Crippen LogP contribution is -2.52. The van der Waals surface area contributed by atoms with Gasteiger partial charge in [-0.05, 0) is 54.5 Å². The van der Waals surface area contributed by atoms with Crippen molar-refractivity contribution in [1.29, 1.82) is 0 Å². The lowest BCUT2D eigenvalue weighted by molar-refractivity contribution is -0.0907. The summed E-state index contributed by atoms with van der Waals surface area (Å²) in [5, 5.41) is 17.5. The Hall–Kier alpha value is -4.21. The van der Waals surface area contributed by atoms with Crippen LogP contribution in [-0.2, 0) is 30.7 Å². The van der Waals surface area contributed by atoms with Gasteiger partial charge in [-0.15, -0.1) is 0 Å². The number of hydrogen-bond donors (Lipinski definition) is 3. The van der Waals surface area contributed by atoms with Crippen LogP contribution < -0.4 is 20.1 Å². The van der Waals surface area contributed by atoms with E-state index in [1.54, 1.807) is 24.3 Å². The fourth-order valence-electron chi connectivity index (χ4n) is 6.55. The number of aliphatic hydroxyl groups excluding tert-OH is 1. The maximum Gasteiger partial charge on any atom is 0.407 e. The van der Waals surface area contributed by atoms with E-state index in [-0.39, 0.29) is 49.6 Å². The molecule has 0 aliphatic carbocycles. The first-order chi connectivity index (χ1) is 24.5. The topological polar surface area (TPSA) is 162 Å². The third-order valence-corrected chi connectivity index (χ3v) is 11.2. The van der Waals surface area contributed by atoms with E-state index >= 15 is 0 Å². The average molecular weight is 724 g/mol. The zero-order valence-electron chi connectivity index (χ0n) is 28.7. The molecule has 0 bridgehead atoms. The van der Waals surface area contributed by atoms with Gasteiger partial charge in [0.05, 0.1) is 36.2 Å². The van der Waals surface area contributed by atoms with Gasteiger partial charge in [-0.3, -0.25) is 4.79 Å². The molecule has 2 amide bonds. The number of alkyl carbamates (subject to hydrolysis) is 1. The fraction of sp³-hybridized carbons (Fsp3) is 0.459. The number of nitrogens with one attached hydrogen (secondary N) is 2. The van der Waals surface area contributed by atoms with Crippen molar-refractivity contribution in [3.05, 3.63) is 90.0 Å². The minimum absolute atomic E-state index is 0.00692. The van der Waals surface area contributed by atoms with E-state index in [1.165, 1.54) is 22.5 Å². The second-order valence-electron chi connectivity index (χ2n) is 13.8. The number of benzene rings is 3. The summed E-state index contributed by atoms with van der Waals surface area (Å²) in [7, 11) is -4.22. The SMILES string of the molecule is CC(C)(CCNC(=O)c1ccccc1)CN(C[C@@H](O)[C@H](Cc1ccccc1)NC(=O)O[C@H]1CO[C@H]2OCC[C@H]21)S(=O)(=O)c1ccc2c(c1)OCO2. The number of carbonyl (C=O) groups is 2. The van der Waals surface area contributed by atoms with E-state index in [2.05, 4.69) is 10.6 Å². The fourth-order valence-corrected chi connectivity index (χ4v) is 8.22. The third-order valence-electron chi connectivity index (χ3n) is 9.41. The van der Waals surface area contributed by atoms with Crippen molar-refractivity contribution in [2.75, 3.05) is 39.6 Å². The van der Waals surface area contributed by atoms with Gasteiger partial charge in [-0.25, -0.2) is 13.2 Å². The van der Waals surface area contributed by atoms with Crippen LogP contribution in [0.25, 0.3) is 0 Å². The first-order valence-electron chi connectivity index (χ1n) is 17.1. The minimum Gasteiger partial charge on any atom is -0.454 e. The maximum atomic E-state index is 14.4. The zero-order chi connectivity index (χ0) is 36.0. The lowest BCUT2D eigenvalue weighted by atomic mass is 9.89. The number of rotatable bonds is 15. The van der Waals surface area contributed by atoms with Gasteiger partial charge in [-0.2, -0.15) is 4.31 Å². The standard InChI is InChI=1S/C37H45N3O10S/c1-37(2,16-17-38-34(42)26-11-7-4-8-12-26)23-40(51(44,45)27-13-14-31-32(20-27)49-24-48-31)21-30(41)29(19-25-9-5-3-6-10-25)39-36(43)50-33-22-47-35-28(33)15-18-46-35/h3-14,20,28-30,33,35,41H,15-19,21-24H2,1-2H3,(H,38,42)(H,39,43)/t28-,29-,30+,33-,35+/m0/s1. The molecular weight excluding hydrogens is 678 g/mol. The highest BCUT2D eigenvalue weighted by atomic mass is 32.2. The first-order valence-corrected chi connectivity index (χ1v) is 18.6. The van der Waals surface area contributed by atoms with Crippen LogP contribution >= 0.6 is 0 Å². The first kappa shape index (κ1) is 36.6. The molecule has 0 spiro atoms. The Kier molecular flexibility index (Phi) is 11.5. The summed E-state index contributed by atoms with van der Waals surface area (Å²) in [6.07, 6.45) is -1.65. The maximum absolute atomic E-state index is 14.4. The summed E-state index contributed by atoms with van der Waals surface area (Å²) >= 11 is 0. The van der Waals surface area contributed by atoms with E-state index in [0.29, 0.717) is 43.1 Å². The summed E-state index contributed by atoms with van der Waals surface area (Å²) in [6.45, 7) is 4.45. The molecular formula is C37H45N3O10S. The smallest absolute Gasteiger partial charge is 0.407 e. The van der Waals surface area contributed by atoms with Crippen molar-refractivity contribution in [3.8, 4) is 11.5 Å². The second-order valence-corrected chi connectivity index (χ2v) is 15.8. The molecule has 3 aliphatic rings. The molecule has 0 unspecified atom stereocenters. The lowest BCUT2D eigenvalue weighted by Gasteiger charge is -2.35. The van der Waals surface area contributed by atoms with E-state index in [1.807, 2.05) is 50.2 Å². The molecule has 3 aromatic rings. The number of aliphatic hydroxyl groups is 1. The molecule has 3 heterocycles. The zero-order valence-corrected chi connectivity index (χ0v) is 29.5. The number of nitrogens with zero attached hydrogens (tertiary/aromatic N) is 1. The molecule has 2 saturated heterocycles. The van der Waals surface area contributed by atoms with Gasteiger partial charge in [0.1, 0.15) is 6.10 Å². The predicted molar refractivity (Wildman–Crippen MR) is 186 cm³/mol. The molecule has 13 nitrogen and oxygen atoms in total. The molecule has 2 fully saturated rings. The van der Waals surface area contributed by atoms with Crippen LogP contribution in [0.5, 0.6) is 11.5 Å². The van der Waals surface area contributed by atoms with Gasteiger partial charge in [0, 0.05) is 31.3 Å². The molecule has 6 rings (SSSR count). The van der Waals surface area contributed by atoms with Gasteiger partial charge < -0.3 is 39.4 Å². The Morgan fingerprint density at radius 1 is 1.00 bits per heavy atom. The second kappa shape index (κ2) is 16.0. The molecule has 3 aliphatic heterocycles. The van der Waals surface area contributed by atoms with Crippen LogP contribution in [0, 0.1) is 11.3 Å². The average Bonchev–Trinajstić information content (AvgIpc) is 3.87. The van der Waals surface area contributed by atoms with Crippen LogP contribution in [0.4, 0.5) is 4.79 Å². The predicted octanol–water partition coefficient (Wildman–Crippen LogP) is 3.71. The van der Waals surface area contributed by atoms with Crippen LogP contribution in [0.1, 0.15) is 42.6 Å². The van der Waals surface area contributed by atoms with Gasteiger partial charge >= 0.3 is 6.09 Å². The third kappa shape index (κ3) is 9.18. The van der Waals surface area contributed by atoms with Gasteiger partial charge in [-0.1, -0.05) is 62.4 Å². The molecule has 0 saturated carbocycles. The molecule has 14 heteroatoms. The summed E-state index contributed by atoms with van der Waals surface area (Å²) in [5.41, 5.74) is 0.698. The van der Waals surface area contributed by atoms with E-state index in [4.69, 9.17) is 23.7 Å². The van der Waals surface area contributed by atoms with E-state index in [9.17, 15) is 23.1 Å². The monoisotopic (exact) mass is 723 g/mol. The van der Waals surface area contributed by atoms with Crippen LogP contribution in [0.3, 0.4) is 0 Å². The number of fused-ring (bicyclic) bond motifs is 2. The van der Waals surface area contributed by atoms with Crippen molar-refractivity contribution in [3.63, 3.8) is 0 Å². The van der Waals surface area contributed by atoms with Crippen LogP contribution in [0.2, 0.25) is 0 Å². The molecule has 3 aromatic carbocycles. The van der Waals surface area contributed by atoms with Crippen molar-refractivity contribution in [2.24, 2.45) is 11.3 Å². The number of hydrogen-bond acceptors (Lipinski definition) is 10. The van der Waals surface area contributed by atoms with Crippen molar-refractivity contribution in [1.82, 2.24) is 14.9 Å². The number of amides is 2. The van der Waals surface area contributed by atoms with Crippen LogP contribution in [0.15, 0.2) is 83.8 Å². The Balaban J connectivity index is 1.20. The largest absolute Gasteiger partial charge is 0.454 e. The van der Waals surface area contributed by atoms with Crippen molar-refractivity contribution in [2.45, 2.75) is 62.5 Å². The number of sulfonamides is 1. The van der Waals surface area contributed by atoms with E-state index < -0.39 is 46.1 Å². The molecule has 274 valence electrons. The summed E-state index contributed by atoms with van der Waals surface area (Å²) in [5.74, 6) is 0.434. The summed E-state index contributed by atoms with van der Waals surface area (Å²) in [4.78, 5) is 25.9. The Labute approximate surface area is 298 Å². The Morgan fingerprint density at radius 2 is 1.73 bits per heavy atom. The molecule has 0 radical (unpaired) electrons. The molecule has 51 heavy (non-hydrogen) atoms. The molecule has 5 atom stereocenters.